The molecule has 1 unspecified atom stereocenters. The zero-order chi connectivity index (χ0) is 13.8. The molecule has 0 aromatic rings. The first-order chi connectivity index (χ1) is 8.38. The molecule has 0 saturated carbocycles. The fraction of sp³-hybridized carbons (Fsp3) is 0.923. The Hall–Kier alpha value is -0.650. The third kappa shape index (κ3) is 4.23. The van der Waals surface area contributed by atoms with E-state index in [1.807, 2.05) is 0 Å². The van der Waals surface area contributed by atoms with Gasteiger partial charge in [0.05, 0.1) is 0 Å². The van der Waals surface area contributed by atoms with Crippen LogP contribution in [-0.2, 0) is 9.53 Å². The Labute approximate surface area is 110 Å². The fourth-order valence-electron chi connectivity index (χ4n) is 2.30. The third-order valence-corrected chi connectivity index (χ3v) is 3.58. The van der Waals surface area contributed by atoms with Crippen LogP contribution in [0.4, 0.5) is 0 Å². The van der Waals surface area contributed by atoms with Crippen molar-refractivity contribution < 1.29 is 9.53 Å². The molecule has 1 aliphatic rings. The maximum atomic E-state index is 11.8. The van der Waals surface area contributed by atoms with E-state index < -0.39 is 6.10 Å². The van der Waals surface area contributed by atoms with Crippen LogP contribution in [0, 0.1) is 0 Å². The standard InChI is InChI=1S/C13H27N3O2/c1-13(2,3)16-7-5-10(6-8-16)15-12(17)11(9-14)18-4/h10-11H,5-9,14H2,1-4H3,(H,15,17). The van der Waals surface area contributed by atoms with E-state index in [2.05, 4.69) is 31.0 Å². The van der Waals surface area contributed by atoms with Gasteiger partial charge in [0.1, 0.15) is 6.10 Å². The Morgan fingerprint density at radius 3 is 2.39 bits per heavy atom. The quantitative estimate of drug-likeness (QED) is 0.762. The highest BCUT2D eigenvalue weighted by atomic mass is 16.5. The molecule has 1 amide bonds. The number of hydrogen-bond acceptors (Lipinski definition) is 4. The third-order valence-electron chi connectivity index (χ3n) is 3.58. The summed E-state index contributed by atoms with van der Waals surface area (Å²) >= 11 is 0. The Morgan fingerprint density at radius 1 is 1.44 bits per heavy atom. The van der Waals surface area contributed by atoms with Gasteiger partial charge in [-0.2, -0.15) is 0 Å². The first-order valence-electron chi connectivity index (χ1n) is 6.66. The topological polar surface area (TPSA) is 67.6 Å². The lowest BCUT2D eigenvalue weighted by Crippen LogP contribution is -2.53. The van der Waals surface area contributed by atoms with E-state index >= 15 is 0 Å². The number of rotatable bonds is 4. The van der Waals surface area contributed by atoms with Crippen LogP contribution in [0.1, 0.15) is 33.6 Å². The van der Waals surface area contributed by atoms with Crippen molar-refractivity contribution >= 4 is 5.91 Å². The summed E-state index contributed by atoms with van der Waals surface area (Å²) in [4.78, 5) is 14.3. The van der Waals surface area contributed by atoms with E-state index in [1.165, 1.54) is 7.11 Å². The molecule has 0 spiro atoms. The Balaban J connectivity index is 2.38. The lowest BCUT2D eigenvalue weighted by molar-refractivity contribution is -0.131. The number of amides is 1. The summed E-state index contributed by atoms with van der Waals surface area (Å²) in [6.45, 7) is 8.94. The molecule has 0 bridgehead atoms. The predicted molar refractivity (Wildman–Crippen MR) is 72.3 cm³/mol. The van der Waals surface area contributed by atoms with E-state index in [9.17, 15) is 4.79 Å². The highest BCUT2D eigenvalue weighted by Gasteiger charge is 2.28. The molecule has 106 valence electrons. The smallest absolute Gasteiger partial charge is 0.250 e. The van der Waals surface area contributed by atoms with E-state index in [1.54, 1.807) is 0 Å². The van der Waals surface area contributed by atoms with Gasteiger partial charge >= 0.3 is 0 Å². The summed E-state index contributed by atoms with van der Waals surface area (Å²) < 4.78 is 5.03. The second kappa shape index (κ2) is 6.50. The molecule has 1 aliphatic heterocycles. The van der Waals surface area contributed by atoms with Crippen molar-refractivity contribution in [3.05, 3.63) is 0 Å². The Morgan fingerprint density at radius 2 is 2.00 bits per heavy atom. The zero-order valence-electron chi connectivity index (χ0n) is 12.0. The molecule has 1 atom stereocenters. The van der Waals surface area contributed by atoms with Crippen LogP contribution in [0.2, 0.25) is 0 Å². The Kier molecular flexibility index (Phi) is 5.56. The number of ether oxygens (including phenoxy) is 1. The number of likely N-dealkylation sites (tertiary alicyclic amines) is 1. The lowest BCUT2D eigenvalue weighted by Gasteiger charge is -2.41. The number of carbonyl (C=O) groups is 1. The van der Waals surface area contributed by atoms with Crippen LogP contribution in [-0.4, -0.2) is 55.2 Å². The van der Waals surface area contributed by atoms with Crippen LogP contribution < -0.4 is 11.1 Å². The van der Waals surface area contributed by atoms with Crippen LogP contribution >= 0.6 is 0 Å². The van der Waals surface area contributed by atoms with Crippen molar-refractivity contribution in [2.75, 3.05) is 26.7 Å². The molecule has 18 heavy (non-hydrogen) atoms. The molecule has 1 fully saturated rings. The number of carbonyl (C=O) groups excluding carboxylic acids is 1. The number of methoxy groups -OCH3 is 1. The first kappa shape index (κ1) is 15.4. The average Bonchev–Trinajstić information content (AvgIpc) is 2.30. The van der Waals surface area contributed by atoms with Crippen LogP contribution in [0.3, 0.4) is 0 Å². The number of nitrogens with one attached hydrogen (secondary N) is 1. The molecule has 3 N–H and O–H groups in total. The maximum absolute atomic E-state index is 11.8. The minimum Gasteiger partial charge on any atom is -0.370 e. The summed E-state index contributed by atoms with van der Waals surface area (Å²) in [6, 6.07) is 0.250. The SMILES string of the molecule is COC(CN)C(=O)NC1CCN(C(C)(C)C)CC1. The molecule has 5 nitrogen and oxygen atoms in total. The second-order valence-corrected chi connectivity index (χ2v) is 5.90. The highest BCUT2D eigenvalue weighted by molar-refractivity contribution is 5.81. The van der Waals surface area contributed by atoms with Crippen molar-refractivity contribution in [1.29, 1.82) is 0 Å². The van der Waals surface area contributed by atoms with Gasteiger partial charge in [0, 0.05) is 38.3 Å². The van der Waals surface area contributed by atoms with Gasteiger partial charge in [-0.1, -0.05) is 0 Å². The fourth-order valence-corrected chi connectivity index (χ4v) is 2.30. The van der Waals surface area contributed by atoms with Gasteiger partial charge in [0.2, 0.25) is 0 Å². The number of hydrogen-bond donors (Lipinski definition) is 2. The predicted octanol–water partition coefficient (Wildman–Crippen LogP) is 0.339. The molecule has 0 aromatic carbocycles. The normalized spacial score (nSPS) is 20.7. The van der Waals surface area contributed by atoms with E-state index in [4.69, 9.17) is 10.5 Å². The first-order valence-corrected chi connectivity index (χ1v) is 6.66. The van der Waals surface area contributed by atoms with Crippen molar-refractivity contribution in [1.82, 2.24) is 10.2 Å². The molecule has 0 aromatic heterocycles. The minimum atomic E-state index is -0.523. The van der Waals surface area contributed by atoms with Gasteiger partial charge in [-0.15, -0.1) is 0 Å². The summed E-state index contributed by atoms with van der Waals surface area (Å²) in [6.07, 6.45) is 1.46. The van der Waals surface area contributed by atoms with Crippen LogP contribution in [0.15, 0.2) is 0 Å². The molecule has 1 rings (SSSR count). The maximum Gasteiger partial charge on any atom is 0.250 e. The zero-order valence-corrected chi connectivity index (χ0v) is 12.0. The summed E-state index contributed by atoms with van der Waals surface area (Å²) in [7, 11) is 1.51. The van der Waals surface area contributed by atoms with Gasteiger partial charge in [-0.05, 0) is 33.6 Å². The van der Waals surface area contributed by atoms with Gasteiger partial charge in [0.25, 0.3) is 5.91 Å². The van der Waals surface area contributed by atoms with Gasteiger partial charge in [0.15, 0.2) is 0 Å². The minimum absolute atomic E-state index is 0.0887. The highest BCUT2D eigenvalue weighted by Crippen LogP contribution is 2.20. The molecule has 1 saturated heterocycles. The molecular formula is C13H27N3O2. The molecule has 0 radical (unpaired) electrons. The second-order valence-electron chi connectivity index (χ2n) is 5.90. The van der Waals surface area contributed by atoms with Crippen LogP contribution in [0.5, 0.6) is 0 Å². The molecule has 0 aliphatic carbocycles. The van der Waals surface area contributed by atoms with Crippen molar-refractivity contribution in [2.24, 2.45) is 5.73 Å². The summed E-state index contributed by atoms with van der Waals surface area (Å²) in [5, 5.41) is 3.02. The molecular weight excluding hydrogens is 230 g/mol. The van der Waals surface area contributed by atoms with E-state index in [0.29, 0.717) is 0 Å². The summed E-state index contributed by atoms with van der Waals surface area (Å²) in [5.41, 5.74) is 5.68. The van der Waals surface area contributed by atoms with E-state index in [-0.39, 0.29) is 24.0 Å². The number of piperidine rings is 1. The monoisotopic (exact) mass is 257 g/mol. The van der Waals surface area contributed by atoms with Crippen LogP contribution in [0.25, 0.3) is 0 Å². The van der Waals surface area contributed by atoms with Gasteiger partial charge in [-0.25, -0.2) is 0 Å². The largest absolute Gasteiger partial charge is 0.370 e. The van der Waals surface area contributed by atoms with Crippen molar-refractivity contribution in [2.45, 2.75) is 51.3 Å². The number of nitrogens with zero attached hydrogens (tertiary/aromatic N) is 1. The summed E-state index contributed by atoms with van der Waals surface area (Å²) in [5.74, 6) is -0.0887. The molecule has 5 heteroatoms. The molecule has 1 heterocycles. The van der Waals surface area contributed by atoms with E-state index in [0.717, 1.165) is 25.9 Å². The Bertz CT molecular complexity index is 264. The number of nitrogens with two attached hydrogens (primary N) is 1. The lowest BCUT2D eigenvalue weighted by atomic mass is 9.98. The van der Waals surface area contributed by atoms with Crippen molar-refractivity contribution in [3.63, 3.8) is 0 Å². The van der Waals surface area contributed by atoms with Gasteiger partial charge in [-0.3, -0.25) is 9.69 Å². The average molecular weight is 257 g/mol. The van der Waals surface area contributed by atoms with Crippen molar-refractivity contribution in [3.8, 4) is 0 Å². The van der Waals surface area contributed by atoms with Gasteiger partial charge < -0.3 is 15.8 Å².